The van der Waals surface area contributed by atoms with E-state index in [1.54, 1.807) is 0 Å². The number of hydrogen-bond donors (Lipinski definition) is 13. The molecule has 1 heterocycles. The van der Waals surface area contributed by atoms with Crippen LogP contribution >= 0.6 is 11.6 Å². The Labute approximate surface area is 215 Å². The third-order valence-corrected chi connectivity index (χ3v) is 6.27. The largest absolute Gasteiger partial charge is 0.507 e. The number of hydroxylamine groups is 2. The maximum atomic E-state index is 12.7. The summed E-state index contributed by atoms with van der Waals surface area (Å²) in [5.74, 6) is -15.9. The number of rotatable bonds is 7. The monoisotopic (exact) mass is 564 g/mol. The average molecular weight is 565 g/mol. The zero-order valence-corrected chi connectivity index (χ0v) is 19.6. The van der Waals surface area contributed by atoms with E-state index in [2.05, 4.69) is 4.74 Å². The number of hydrogen-bond acceptors (Lipinski definition) is 17. The van der Waals surface area contributed by atoms with E-state index in [4.69, 9.17) is 16.3 Å². The van der Waals surface area contributed by atoms with Gasteiger partial charge in [-0.2, -0.15) is 11.0 Å². The lowest BCUT2D eigenvalue weighted by Gasteiger charge is -2.38. The van der Waals surface area contributed by atoms with Crippen molar-refractivity contribution in [3.8, 4) is 46.0 Å². The van der Waals surface area contributed by atoms with Gasteiger partial charge in [0, 0.05) is 0 Å². The number of benzene rings is 2. The van der Waals surface area contributed by atoms with E-state index in [-0.39, 0.29) is 6.29 Å². The van der Waals surface area contributed by atoms with Crippen LogP contribution in [0.4, 0.5) is 0 Å². The number of halogens is 1. The number of carbonyl (C=O) groups is 2. The smallest absolute Gasteiger partial charge is 0.230 e. The minimum Gasteiger partial charge on any atom is -0.507 e. The molecule has 0 aromatic heterocycles. The zero-order chi connectivity index (χ0) is 28.9. The molecular formula is C20H21ClN2O15. The lowest BCUT2D eigenvalue weighted by atomic mass is 9.85. The normalized spacial score (nSPS) is 21.9. The predicted molar refractivity (Wildman–Crippen MR) is 117 cm³/mol. The molecule has 3 rings (SSSR count). The van der Waals surface area contributed by atoms with Crippen LogP contribution in [-0.4, -0.2) is 93.7 Å². The lowest BCUT2D eigenvalue weighted by Crippen LogP contribution is -2.60. The van der Waals surface area contributed by atoms with Gasteiger partial charge in [-0.05, 0) is 0 Å². The first-order chi connectivity index (χ1) is 17.7. The third kappa shape index (κ3) is 4.03. The van der Waals surface area contributed by atoms with Gasteiger partial charge >= 0.3 is 0 Å². The molecule has 0 saturated carbocycles. The van der Waals surface area contributed by atoms with Crippen molar-refractivity contribution >= 4 is 23.7 Å². The fraction of sp³-hybridized carbons (Fsp3) is 0.300. The van der Waals surface area contributed by atoms with Gasteiger partial charge in [0.05, 0.1) is 23.3 Å². The second-order valence-electron chi connectivity index (χ2n) is 7.90. The zero-order valence-electron chi connectivity index (χ0n) is 18.8. The number of phenolic OH excluding ortho intramolecular Hbond substituents is 7. The van der Waals surface area contributed by atoms with Crippen LogP contribution in [0, 0.1) is 0 Å². The molecular weight excluding hydrogens is 544 g/mol. The molecule has 1 saturated heterocycles. The van der Waals surface area contributed by atoms with Crippen LogP contribution in [0.2, 0.25) is 5.02 Å². The summed E-state index contributed by atoms with van der Waals surface area (Å²) in [5, 5.41) is 112. The number of phenols is 7. The van der Waals surface area contributed by atoms with E-state index >= 15 is 0 Å². The maximum absolute atomic E-state index is 12.7. The fourth-order valence-corrected chi connectivity index (χ4v) is 4.37. The highest BCUT2D eigenvalue weighted by Gasteiger charge is 2.50. The molecule has 18 heteroatoms. The molecule has 0 radical (unpaired) electrons. The molecule has 1 fully saturated rings. The van der Waals surface area contributed by atoms with Gasteiger partial charge in [0.15, 0.2) is 35.1 Å². The van der Waals surface area contributed by atoms with Crippen LogP contribution in [0.15, 0.2) is 0 Å². The highest BCUT2D eigenvalue weighted by atomic mass is 35.5. The van der Waals surface area contributed by atoms with E-state index in [1.165, 1.54) is 11.0 Å². The van der Waals surface area contributed by atoms with Gasteiger partial charge < -0.3 is 70.6 Å². The van der Waals surface area contributed by atoms with Crippen LogP contribution in [0.5, 0.6) is 46.0 Å². The van der Waals surface area contributed by atoms with Crippen molar-refractivity contribution in [1.82, 2.24) is 11.0 Å². The summed E-state index contributed by atoms with van der Waals surface area (Å²) in [6, 6.07) is -3.75. The number of aldehydes is 1. The van der Waals surface area contributed by atoms with E-state index < -0.39 is 104 Å². The molecule has 0 amide bonds. The number of ether oxygens (including phenoxy) is 2. The number of methoxy groups -OCH3 is 1. The van der Waals surface area contributed by atoms with Crippen LogP contribution in [0.3, 0.4) is 0 Å². The Balaban J connectivity index is 2.37. The van der Waals surface area contributed by atoms with Crippen LogP contribution in [0.1, 0.15) is 22.8 Å². The highest BCUT2D eigenvalue weighted by molar-refractivity contribution is 6.33. The topological polar surface area (TPSA) is 299 Å². The van der Waals surface area contributed by atoms with Gasteiger partial charge in [-0.1, -0.05) is 11.6 Å². The van der Waals surface area contributed by atoms with Gasteiger partial charge in [-0.3, -0.25) is 4.79 Å². The van der Waals surface area contributed by atoms with Crippen molar-refractivity contribution < 1.29 is 75.4 Å². The first-order valence-corrected chi connectivity index (χ1v) is 10.5. The van der Waals surface area contributed by atoms with E-state index in [9.17, 15) is 66.0 Å². The van der Waals surface area contributed by atoms with Gasteiger partial charge in [0.2, 0.25) is 23.0 Å². The standard InChI is InChI=1S/C20H21ClN2O15/c1-37-19-16(31)12(27)6(13(28)17(19)32)20(33,34)5-7(21)14(29)11(26)4(10(5)25)18-9(23-36)15(30)8(22-35)3(2-24)38-18/h2-3,8-9,18,22-23,25-29,31-36H,1H3. The van der Waals surface area contributed by atoms with Crippen LogP contribution < -0.4 is 15.7 Å². The molecule has 4 atom stereocenters. The molecule has 2 aromatic rings. The minimum absolute atomic E-state index is 0.0263. The van der Waals surface area contributed by atoms with Crippen molar-refractivity contribution in [2.75, 3.05) is 7.11 Å². The van der Waals surface area contributed by atoms with Crippen LogP contribution in [0.25, 0.3) is 0 Å². The Morgan fingerprint density at radius 2 is 1.37 bits per heavy atom. The number of nitrogens with one attached hydrogen (secondary N) is 2. The molecule has 38 heavy (non-hydrogen) atoms. The average Bonchev–Trinajstić information content (AvgIpc) is 2.86. The van der Waals surface area contributed by atoms with E-state index in [0.29, 0.717) is 0 Å². The second-order valence-corrected chi connectivity index (χ2v) is 8.27. The third-order valence-electron chi connectivity index (χ3n) is 5.90. The Morgan fingerprint density at radius 1 is 0.842 bits per heavy atom. The molecule has 0 bridgehead atoms. The first-order valence-electron chi connectivity index (χ1n) is 10.1. The molecule has 0 spiro atoms. The summed E-state index contributed by atoms with van der Waals surface area (Å²) in [6.07, 6.45) is -3.90. The lowest BCUT2D eigenvalue weighted by molar-refractivity contribution is -0.164. The summed E-state index contributed by atoms with van der Waals surface area (Å²) < 4.78 is 9.88. The molecule has 1 aliphatic heterocycles. The molecule has 208 valence electrons. The summed E-state index contributed by atoms with van der Waals surface area (Å²) in [4.78, 5) is 24.1. The number of aromatic hydroxyl groups is 7. The van der Waals surface area contributed by atoms with E-state index in [1.807, 2.05) is 0 Å². The number of ketones is 1. The number of Topliss-reactive ketones (excluding diaryl/α,β-unsaturated/α-hetero) is 1. The Bertz CT molecular complexity index is 1270. The van der Waals surface area contributed by atoms with Crippen molar-refractivity contribution in [1.29, 1.82) is 0 Å². The molecule has 4 unspecified atom stereocenters. The highest BCUT2D eigenvalue weighted by Crippen LogP contribution is 2.59. The molecule has 1 aliphatic rings. The molecule has 13 N–H and O–H groups in total. The second kappa shape index (κ2) is 10.2. The summed E-state index contributed by atoms with van der Waals surface area (Å²) in [7, 11) is 0.909. The number of aliphatic hydroxyl groups is 2. The van der Waals surface area contributed by atoms with Gasteiger partial charge in [-0.25, -0.2) is 0 Å². The quantitative estimate of drug-likeness (QED) is 0.0590. The van der Waals surface area contributed by atoms with Crippen molar-refractivity contribution in [3.63, 3.8) is 0 Å². The SMILES string of the molecule is COc1c(O)c(O)c(C(O)(O)c2c(O)c(C3OC(C=O)C(NO)C(=O)C3NO)c(O)c(O)c2Cl)c(O)c1O. The molecule has 2 aromatic carbocycles. The Kier molecular flexibility index (Phi) is 7.69. The minimum atomic E-state index is -3.92. The number of carbonyl (C=O) groups excluding carboxylic acids is 2. The maximum Gasteiger partial charge on any atom is 0.230 e. The Hall–Kier alpha value is -3.81. The molecule has 17 nitrogen and oxygen atoms in total. The Morgan fingerprint density at radius 3 is 1.82 bits per heavy atom. The van der Waals surface area contributed by atoms with E-state index in [0.717, 1.165) is 7.11 Å². The predicted octanol–water partition coefficient (Wildman–Crippen LogP) is -1.62. The van der Waals surface area contributed by atoms with Crippen molar-refractivity contribution in [2.45, 2.75) is 30.1 Å². The van der Waals surface area contributed by atoms with Gasteiger partial charge in [0.25, 0.3) is 0 Å². The molecule has 0 aliphatic carbocycles. The van der Waals surface area contributed by atoms with Gasteiger partial charge in [0.1, 0.15) is 35.6 Å². The van der Waals surface area contributed by atoms with Crippen molar-refractivity contribution in [2.24, 2.45) is 0 Å². The fourth-order valence-electron chi connectivity index (χ4n) is 4.06. The van der Waals surface area contributed by atoms with Gasteiger partial charge in [-0.15, -0.1) is 0 Å². The van der Waals surface area contributed by atoms with Crippen molar-refractivity contribution in [3.05, 3.63) is 21.7 Å². The first kappa shape index (κ1) is 28.8. The summed E-state index contributed by atoms with van der Waals surface area (Å²) >= 11 is 5.92. The van der Waals surface area contributed by atoms with Crippen LogP contribution in [-0.2, 0) is 20.1 Å². The summed E-state index contributed by atoms with van der Waals surface area (Å²) in [6.45, 7) is 0. The summed E-state index contributed by atoms with van der Waals surface area (Å²) in [5.41, 5.74) is -1.05.